The molecule has 4 atom stereocenters. The summed E-state index contributed by atoms with van der Waals surface area (Å²) >= 11 is 20.1. The molecule has 1 saturated heterocycles. The molecular weight excluding hydrogens is 641 g/mol. The van der Waals surface area contributed by atoms with E-state index in [1.807, 2.05) is 28.0 Å². The Morgan fingerprint density at radius 3 is 2.32 bits per heavy atom. The Labute approximate surface area is 278 Å². The van der Waals surface area contributed by atoms with Crippen molar-refractivity contribution in [3.8, 4) is 0 Å². The second-order valence-electron chi connectivity index (χ2n) is 11.7. The first kappa shape index (κ1) is 34.4. The van der Waals surface area contributed by atoms with Gasteiger partial charge in [0.1, 0.15) is 5.51 Å². The lowest BCUT2D eigenvalue weighted by Crippen LogP contribution is -2.65. The van der Waals surface area contributed by atoms with Crippen molar-refractivity contribution in [1.29, 1.82) is 0 Å². The molecule has 1 aliphatic rings. The van der Waals surface area contributed by atoms with Crippen LogP contribution in [0, 0.1) is 5.92 Å². The fourth-order valence-corrected chi connectivity index (χ4v) is 6.88. The molecule has 4 rings (SSSR count). The quantitative estimate of drug-likeness (QED) is 0.209. The summed E-state index contributed by atoms with van der Waals surface area (Å²) in [6.45, 7) is 5.62. The molecule has 0 aliphatic carbocycles. The number of carbonyl (C=O) groups is 2. The molecule has 13 heteroatoms. The Morgan fingerprint density at radius 2 is 1.66 bits per heavy atom. The Morgan fingerprint density at radius 1 is 0.977 bits per heavy atom. The van der Waals surface area contributed by atoms with Gasteiger partial charge < -0.3 is 26.6 Å². The van der Waals surface area contributed by atoms with Crippen molar-refractivity contribution in [2.45, 2.75) is 70.1 Å². The molecule has 2 heterocycles. The maximum atomic E-state index is 14.0. The summed E-state index contributed by atoms with van der Waals surface area (Å²) in [5.41, 5.74) is 16.4. The van der Waals surface area contributed by atoms with Crippen molar-refractivity contribution >= 4 is 63.1 Å². The predicted molar refractivity (Wildman–Crippen MR) is 179 cm³/mol. The minimum atomic E-state index is -0.803. The highest BCUT2D eigenvalue weighted by molar-refractivity contribution is 7.13. The average Bonchev–Trinajstić information content (AvgIpc) is 3.49. The largest absolute Gasteiger partial charge is 0.360 e. The summed E-state index contributed by atoms with van der Waals surface area (Å²) in [4.78, 5) is 31.7. The number of anilines is 1. The first-order valence-corrected chi connectivity index (χ1v) is 16.8. The molecule has 9 nitrogen and oxygen atoms in total. The van der Waals surface area contributed by atoms with Crippen molar-refractivity contribution in [2.24, 2.45) is 17.4 Å². The van der Waals surface area contributed by atoms with E-state index in [-0.39, 0.29) is 30.3 Å². The number of nitrogens with one attached hydrogen (secondary N) is 1. The highest BCUT2D eigenvalue weighted by Gasteiger charge is 2.41. The number of aromatic nitrogens is 2. The number of carbonyl (C=O) groups excluding carboxylic acids is 2. The Hall–Kier alpha value is -2.47. The van der Waals surface area contributed by atoms with Crippen LogP contribution in [-0.2, 0) is 22.4 Å². The highest BCUT2D eigenvalue weighted by Crippen LogP contribution is 2.27. The SMILES string of the molecule is CC(C)C[C@@H]1CN(C(=O)[C@H](N)Cc2ccc(Cl)cc2Cl)C(CCCNc2nncs2)CN1C(=O)[C@@H](N)Cc1cccc(Cl)c1. The fraction of sp³-hybridized carbons (Fsp3) is 0.484. The van der Waals surface area contributed by atoms with E-state index >= 15 is 0 Å². The molecule has 1 unspecified atom stereocenters. The zero-order valence-electron chi connectivity index (χ0n) is 25.0. The van der Waals surface area contributed by atoms with Crippen LogP contribution in [0.5, 0.6) is 0 Å². The molecule has 0 bridgehead atoms. The maximum Gasteiger partial charge on any atom is 0.240 e. The number of nitrogens with two attached hydrogens (primary N) is 2. The highest BCUT2D eigenvalue weighted by atomic mass is 35.5. The lowest BCUT2D eigenvalue weighted by atomic mass is 9.93. The topological polar surface area (TPSA) is 130 Å². The van der Waals surface area contributed by atoms with Gasteiger partial charge in [-0.25, -0.2) is 0 Å². The average molecular weight is 681 g/mol. The van der Waals surface area contributed by atoms with Crippen LogP contribution < -0.4 is 16.8 Å². The third-order valence-electron chi connectivity index (χ3n) is 7.79. The molecule has 3 aromatic rings. The molecular formula is C31H40Cl3N7O2S. The van der Waals surface area contributed by atoms with Crippen LogP contribution in [0.2, 0.25) is 15.1 Å². The monoisotopic (exact) mass is 679 g/mol. The third-order valence-corrected chi connectivity index (χ3v) is 9.26. The number of piperazine rings is 1. The molecule has 44 heavy (non-hydrogen) atoms. The van der Waals surface area contributed by atoms with Crippen LogP contribution in [0.15, 0.2) is 48.0 Å². The van der Waals surface area contributed by atoms with E-state index < -0.39 is 12.1 Å². The standard InChI is InChI=1S/C31H40Cl3N7O2S/c1-19(2)11-25-17-40(30(43)28(36)14-21-8-9-23(33)15-26(21)34)24(7-4-10-37-31-39-38-18-44-31)16-41(25)29(42)27(35)13-20-5-3-6-22(32)12-20/h3,5-6,8-9,12,15,18-19,24-25,27-28H,4,7,10-11,13-14,16-17,35-36H2,1-2H3,(H,37,39)/t24?,25-,27+,28-/m1/s1. The van der Waals surface area contributed by atoms with Gasteiger partial charge in [0.05, 0.1) is 12.1 Å². The van der Waals surface area contributed by atoms with Crippen LogP contribution >= 0.6 is 46.1 Å². The number of benzene rings is 2. The van der Waals surface area contributed by atoms with E-state index in [4.69, 9.17) is 46.3 Å². The van der Waals surface area contributed by atoms with Gasteiger partial charge in [0.15, 0.2) is 0 Å². The van der Waals surface area contributed by atoms with E-state index in [0.29, 0.717) is 53.5 Å². The molecule has 238 valence electrons. The van der Waals surface area contributed by atoms with E-state index in [0.717, 1.165) is 29.1 Å². The molecule has 0 spiro atoms. The number of amides is 2. The van der Waals surface area contributed by atoms with Crippen LogP contribution in [-0.4, -0.2) is 75.6 Å². The molecule has 5 N–H and O–H groups in total. The first-order chi connectivity index (χ1) is 21.0. The van der Waals surface area contributed by atoms with Gasteiger partial charge in [0.2, 0.25) is 16.9 Å². The molecule has 1 fully saturated rings. The van der Waals surface area contributed by atoms with E-state index in [1.165, 1.54) is 11.3 Å². The van der Waals surface area contributed by atoms with Gasteiger partial charge in [-0.15, -0.1) is 10.2 Å². The first-order valence-electron chi connectivity index (χ1n) is 14.8. The minimum Gasteiger partial charge on any atom is -0.360 e. The normalized spacial score (nSPS) is 18.4. The molecule has 1 aliphatic heterocycles. The lowest BCUT2D eigenvalue weighted by Gasteiger charge is -2.48. The van der Waals surface area contributed by atoms with Gasteiger partial charge in [-0.2, -0.15) is 0 Å². The van der Waals surface area contributed by atoms with Crippen LogP contribution in [0.1, 0.15) is 44.2 Å². The number of hydrogen-bond acceptors (Lipinski definition) is 8. The van der Waals surface area contributed by atoms with Crippen LogP contribution in [0.3, 0.4) is 0 Å². The van der Waals surface area contributed by atoms with E-state index in [9.17, 15) is 9.59 Å². The van der Waals surface area contributed by atoms with Gasteiger partial charge in [-0.05, 0) is 73.4 Å². The van der Waals surface area contributed by atoms with Gasteiger partial charge in [0.25, 0.3) is 0 Å². The van der Waals surface area contributed by atoms with Gasteiger partial charge >= 0.3 is 0 Å². The summed E-state index contributed by atoms with van der Waals surface area (Å²) in [6, 6.07) is 10.6. The summed E-state index contributed by atoms with van der Waals surface area (Å²) in [7, 11) is 0. The molecule has 0 saturated carbocycles. The van der Waals surface area contributed by atoms with Crippen molar-refractivity contribution < 1.29 is 9.59 Å². The summed E-state index contributed by atoms with van der Waals surface area (Å²) in [5, 5.41) is 13.5. The lowest BCUT2D eigenvalue weighted by molar-refractivity contribution is -0.149. The fourth-order valence-electron chi connectivity index (χ4n) is 5.71. The summed E-state index contributed by atoms with van der Waals surface area (Å²) in [5.74, 6) is 0.00439. The summed E-state index contributed by atoms with van der Waals surface area (Å²) in [6.07, 6.45) is 2.78. The van der Waals surface area contributed by atoms with Crippen molar-refractivity contribution in [3.05, 3.63) is 74.2 Å². The third kappa shape index (κ3) is 9.52. The maximum absolute atomic E-state index is 14.0. The zero-order chi connectivity index (χ0) is 31.8. The number of hydrogen-bond donors (Lipinski definition) is 3. The smallest absolute Gasteiger partial charge is 0.240 e. The van der Waals surface area contributed by atoms with Gasteiger partial charge in [0, 0.05) is 46.8 Å². The number of nitrogens with zero attached hydrogens (tertiary/aromatic N) is 4. The van der Waals surface area contributed by atoms with E-state index in [2.05, 4.69) is 29.4 Å². The molecule has 0 radical (unpaired) electrons. The molecule has 2 amide bonds. The Kier molecular flexibility index (Phi) is 12.7. The van der Waals surface area contributed by atoms with Crippen LogP contribution in [0.4, 0.5) is 5.13 Å². The van der Waals surface area contributed by atoms with Gasteiger partial charge in [-0.1, -0.05) is 78.2 Å². The second kappa shape index (κ2) is 16.2. The number of rotatable bonds is 13. The zero-order valence-corrected chi connectivity index (χ0v) is 28.0. The van der Waals surface area contributed by atoms with Crippen LogP contribution in [0.25, 0.3) is 0 Å². The predicted octanol–water partition coefficient (Wildman–Crippen LogP) is 5.28. The van der Waals surface area contributed by atoms with Crippen molar-refractivity contribution in [3.63, 3.8) is 0 Å². The minimum absolute atomic E-state index is 0.128. The van der Waals surface area contributed by atoms with E-state index in [1.54, 1.807) is 29.8 Å². The summed E-state index contributed by atoms with van der Waals surface area (Å²) < 4.78 is 0. The molecule has 2 aromatic carbocycles. The number of halogens is 3. The van der Waals surface area contributed by atoms with Gasteiger partial charge in [-0.3, -0.25) is 9.59 Å². The Balaban J connectivity index is 1.53. The Bertz CT molecular complexity index is 1390. The van der Waals surface area contributed by atoms with Crippen molar-refractivity contribution in [2.75, 3.05) is 25.0 Å². The van der Waals surface area contributed by atoms with Crippen molar-refractivity contribution in [1.82, 2.24) is 20.0 Å². The molecule has 1 aromatic heterocycles. The second-order valence-corrected chi connectivity index (χ2v) is 13.8.